The summed E-state index contributed by atoms with van der Waals surface area (Å²) in [5.74, 6) is 0. The Bertz CT molecular complexity index is 461. The molecule has 1 N–H and O–H groups in total. The van der Waals surface area contributed by atoms with Crippen molar-refractivity contribution in [1.29, 1.82) is 0 Å². The first-order valence-corrected chi connectivity index (χ1v) is 11.2. The third-order valence-electron chi connectivity index (χ3n) is 4.74. The van der Waals surface area contributed by atoms with Crippen LogP contribution in [0.5, 0.6) is 0 Å². The molecule has 114 valence electrons. The van der Waals surface area contributed by atoms with Gasteiger partial charge in [0.25, 0.3) is 0 Å². The average molecular weight is 313 g/mol. The fraction of sp³-hybridized carbons (Fsp3) is 0.800. The summed E-state index contributed by atoms with van der Waals surface area (Å²) >= 11 is 1.69. The SMILES string of the molecule is Cc1csc(NCC2(CO[Si](C)(C)C(C)(C)C)CC2)n1. The molecule has 1 aromatic rings. The number of aromatic nitrogens is 1. The maximum atomic E-state index is 6.40. The molecule has 0 saturated heterocycles. The molecule has 20 heavy (non-hydrogen) atoms. The topological polar surface area (TPSA) is 34.1 Å². The quantitative estimate of drug-likeness (QED) is 0.775. The van der Waals surface area contributed by atoms with Crippen LogP contribution in [0, 0.1) is 12.3 Å². The second kappa shape index (κ2) is 5.43. The van der Waals surface area contributed by atoms with Crippen LogP contribution in [0.25, 0.3) is 0 Å². The Balaban J connectivity index is 1.83. The molecule has 1 fully saturated rings. The maximum Gasteiger partial charge on any atom is 0.192 e. The van der Waals surface area contributed by atoms with Crippen molar-refractivity contribution in [2.75, 3.05) is 18.5 Å². The molecule has 0 unspecified atom stereocenters. The smallest absolute Gasteiger partial charge is 0.192 e. The van der Waals surface area contributed by atoms with Gasteiger partial charge >= 0.3 is 0 Å². The van der Waals surface area contributed by atoms with E-state index >= 15 is 0 Å². The summed E-state index contributed by atoms with van der Waals surface area (Å²) in [7, 11) is -1.62. The second-order valence-corrected chi connectivity index (χ2v) is 13.4. The third-order valence-corrected chi connectivity index (χ3v) is 10.1. The van der Waals surface area contributed by atoms with Gasteiger partial charge in [0.2, 0.25) is 0 Å². The molecule has 0 spiro atoms. The van der Waals surface area contributed by atoms with Crippen molar-refractivity contribution >= 4 is 24.8 Å². The molecule has 0 radical (unpaired) electrons. The van der Waals surface area contributed by atoms with E-state index in [1.165, 1.54) is 12.8 Å². The van der Waals surface area contributed by atoms with Crippen LogP contribution in [0.1, 0.15) is 39.3 Å². The van der Waals surface area contributed by atoms with Crippen LogP contribution in [0.2, 0.25) is 18.1 Å². The molecule has 1 aliphatic carbocycles. The van der Waals surface area contributed by atoms with E-state index in [0.717, 1.165) is 24.0 Å². The Labute approximate surface area is 128 Å². The van der Waals surface area contributed by atoms with Crippen molar-refractivity contribution in [3.8, 4) is 0 Å². The largest absolute Gasteiger partial charge is 0.416 e. The van der Waals surface area contributed by atoms with Gasteiger partial charge in [0.1, 0.15) is 0 Å². The minimum atomic E-state index is -1.62. The molecule has 1 aliphatic rings. The van der Waals surface area contributed by atoms with Crippen molar-refractivity contribution in [2.45, 2.75) is 58.7 Å². The summed E-state index contributed by atoms with van der Waals surface area (Å²) in [5, 5.41) is 6.91. The minimum absolute atomic E-state index is 0.295. The molecular formula is C15H28N2OSSi. The van der Waals surface area contributed by atoms with Crippen molar-refractivity contribution in [2.24, 2.45) is 5.41 Å². The summed E-state index contributed by atoms with van der Waals surface area (Å²) in [6.45, 7) is 15.5. The number of nitrogens with zero attached hydrogens (tertiary/aromatic N) is 1. The van der Waals surface area contributed by atoms with Crippen molar-refractivity contribution in [3.63, 3.8) is 0 Å². The molecular weight excluding hydrogens is 284 g/mol. The highest BCUT2D eigenvalue weighted by atomic mass is 32.1. The Hall–Kier alpha value is -0.393. The Kier molecular flexibility index (Phi) is 4.34. The van der Waals surface area contributed by atoms with Crippen molar-refractivity contribution in [3.05, 3.63) is 11.1 Å². The lowest BCUT2D eigenvalue weighted by atomic mass is 10.1. The highest BCUT2D eigenvalue weighted by molar-refractivity contribution is 7.13. The lowest BCUT2D eigenvalue weighted by molar-refractivity contribution is 0.221. The van der Waals surface area contributed by atoms with E-state index in [4.69, 9.17) is 4.43 Å². The zero-order valence-corrected chi connectivity index (χ0v) is 15.5. The van der Waals surface area contributed by atoms with E-state index in [9.17, 15) is 0 Å². The Morgan fingerprint density at radius 1 is 1.40 bits per heavy atom. The predicted molar refractivity (Wildman–Crippen MR) is 90.2 cm³/mol. The van der Waals surface area contributed by atoms with Crippen LogP contribution in [0.3, 0.4) is 0 Å². The van der Waals surface area contributed by atoms with E-state index in [1.807, 2.05) is 6.92 Å². The number of hydrogen-bond acceptors (Lipinski definition) is 4. The van der Waals surface area contributed by atoms with Crippen LogP contribution in [-0.2, 0) is 4.43 Å². The fourth-order valence-corrected chi connectivity index (χ4v) is 3.58. The molecule has 0 aliphatic heterocycles. The lowest BCUT2D eigenvalue weighted by Crippen LogP contribution is -2.42. The van der Waals surface area contributed by atoms with E-state index in [0.29, 0.717) is 10.5 Å². The van der Waals surface area contributed by atoms with Crippen LogP contribution in [0.15, 0.2) is 5.38 Å². The van der Waals surface area contributed by atoms with Gasteiger partial charge in [-0.15, -0.1) is 11.3 Å². The zero-order valence-electron chi connectivity index (χ0n) is 13.7. The van der Waals surface area contributed by atoms with E-state index in [2.05, 4.69) is 49.5 Å². The van der Waals surface area contributed by atoms with Crippen LogP contribution in [-0.4, -0.2) is 26.5 Å². The summed E-state index contributed by atoms with van der Waals surface area (Å²) < 4.78 is 6.40. The molecule has 2 rings (SSSR count). The first-order valence-electron chi connectivity index (χ1n) is 7.44. The van der Waals surface area contributed by atoms with Crippen molar-refractivity contribution in [1.82, 2.24) is 4.98 Å². The van der Waals surface area contributed by atoms with Crippen LogP contribution in [0.4, 0.5) is 5.13 Å². The number of hydrogen-bond donors (Lipinski definition) is 1. The predicted octanol–water partition coefficient (Wildman–Crippen LogP) is 4.67. The number of rotatable bonds is 6. The van der Waals surface area contributed by atoms with E-state index in [1.54, 1.807) is 11.3 Å². The first kappa shape index (κ1) is 16.0. The van der Waals surface area contributed by atoms with Gasteiger partial charge < -0.3 is 9.74 Å². The average Bonchev–Trinajstić information content (AvgIpc) is 2.99. The van der Waals surface area contributed by atoms with Gasteiger partial charge in [0.15, 0.2) is 13.4 Å². The lowest BCUT2D eigenvalue weighted by Gasteiger charge is -2.37. The number of aryl methyl sites for hydroxylation is 1. The van der Waals surface area contributed by atoms with Gasteiger partial charge in [-0.1, -0.05) is 20.8 Å². The highest BCUT2D eigenvalue weighted by Crippen LogP contribution is 2.48. The summed E-state index contributed by atoms with van der Waals surface area (Å²) in [6, 6.07) is 0. The van der Waals surface area contributed by atoms with Gasteiger partial charge in [0, 0.05) is 23.9 Å². The molecule has 0 aromatic carbocycles. The van der Waals surface area contributed by atoms with Gasteiger partial charge in [-0.3, -0.25) is 0 Å². The zero-order chi connectivity index (χ0) is 15.0. The van der Waals surface area contributed by atoms with Crippen molar-refractivity contribution < 1.29 is 4.43 Å². The molecule has 1 heterocycles. The number of anilines is 1. The Morgan fingerprint density at radius 2 is 2.05 bits per heavy atom. The third kappa shape index (κ3) is 3.83. The summed E-state index contributed by atoms with van der Waals surface area (Å²) in [5.41, 5.74) is 1.45. The monoisotopic (exact) mass is 312 g/mol. The van der Waals surface area contributed by atoms with Gasteiger partial charge in [-0.05, 0) is 37.9 Å². The Morgan fingerprint density at radius 3 is 2.50 bits per heavy atom. The number of nitrogens with one attached hydrogen (secondary N) is 1. The normalized spacial score (nSPS) is 18.1. The molecule has 3 nitrogen and oxygen atoms in total. The molecule has 0 atom stereocenters. The number of thiazole rings is 1. The molecule has 1 aromatic heterocycles. The van der Waals surface area contributed by atoms with Gasteiger partial charge in [0.05, 0.1) is 5.69 Å². The van der Waals surface area contributed by atoms with E-state index < -0.39 is 8.32 Å². The standard InChI is InChI=1S/C15H28N2OSSi/c1-12-9-19-13(17-12)16-10-15(7-8-15)11-18-20(5,6)14(2,3)4/h9H,7-8,10-11H2,1-6H3,(H,16,17). The second-order valence-electron chi connectivity index (χ2n) is 7.70. The molecule has 0 amide bonds. The van der Waals surface area contributed by atoms with Crippen LogP contribution < -0.4 is 5.32 Å². The van der Waals surface area contributed by atoms with Gasteiger partial charge in [-0.25, -0.2) is 4.98 Å². The minimum Gasteiger partial charge on any atom is -0.416 e. The first-order chi connectivity index (χ1) is 9.14. The fourth-order valence-electron chi connectivity index (χ4n) is 1.80. The maximum absolute atomic E-state index is 6.40. The van der Waals surface area contributed by atoms with E-state index in [-0.39, 0.29) is 0 Å². The molecule has 5 heteroatoms. The van der Waals surface area contributed by atoms with Gasteiger partial charge in [-0.2, -0.15) is 0 Å². The molecule has 1 saturated carbocycles. The van der Waals surface area contributed by atoms with Crippen LogP contribution >= 0.6 is 11.3 Å². The summed E-state index contributed by atoms with van der Waals surface area (Å²) in [4.78, 5) is 4.46. The highest BCUT2D eigenvalue weighted by Gasteiger charge is 2.46. The summed E-state index contributed by atoms with van der Waals surface area (Å²) in [6.07, 6.45) is 2.55. The molecule has 0 bridgehead atoms.